The van der Waals surface area contributed by atoms with Gasteiger partial charge in [0.15, 0.2) is 5.96 Å². The van der Waals surface area contributed by atoms with Crippen molar-refractivity contribution in [2.45, 2.75) is 31.7 Å². The quantitative estimate of drug-likeness (QED) is 0.276. The van der Waals surface area contributed by atoms with Gasteiger partial charge in [-0.15, -0.1) is 24.0 Å². The lowest BCUT2D eigenvalue weighted by molar-refractivity contribution is -0.124. The molecule has 2 rings (SSSR count). The van der Waals surface area contributed by atoms with Crippen molar-refractivity contribution in [1.82, 2.24) is 15.5 Å². The molecule has 0 bridgehead atoms. The summed E-state index contributed by atoms with van der Waals surface area (Å²) in [6.07, 6.45) is 4.72. The van der Waals surface area contributed by atoms with Gasteiger partial charge in [-0.3, -0.25) is 14.7 Å². The van der Waals surface area contributed by atoms with Crippen LogP contribution in [0.1, 0.15) is 25.7 Å². The summed E-state index contributed by atoms with van der Waals surface area (Å²) in [5.41, 5.74) is 5.74. The number of hydrogen-bond donors (Lipinski definition) is 3. The van der Waals surface area contributed by atoms with Gasteiger partial charge in [-0.05, 0) is 12.8 Å². The smallest absolute Gasteiger partial charge is 0.324 e. The van der Waals surface area contributed by atoms with Crippen LogP contribution in [0.4, 0.5) is 4.79 Å². The molecule has 0 atom stereocenters. The predicted molar refractivity (Wildman–Crippen MR) is 82.4 cm³/mol. The van der Waals surface area contributed by atoms with Crippen molar-refractivity contribution >= 4 is 41.9 Å². The number of nitrogens with one attached hydrogen (secondary N) is 2. The molecule has 0 unspecified atom stereocenters. The molecule has 19 heavy (non-hydrogen) atoms. The molecule has 8 heteroatoms. The van der Waals surface area contributed by atoms with E-state index >= 15 is 0 Å². The molecule has 2 fully saturated rings. The lowest BCUT2D eigenvalue weighted by Gasteiger charge is -2.13. The van der Waals surface area contributed by atoms with E-state index in [-0.39, 0.29) is 49.0 Å². The molecule has 1 aliphatic heterocycles. The van der Waals surface area contributed by atoms with E-state index in [0.717, 1.165) is 17.7 Å². The normalized spacial score (nSPS) is 20.4. The fraction of sp³-hybridized carbons (Fsp3) is 0.727. The summed E-state index contributed by atoms with van der Waals surface area (Å²) in [5, 5.41) is 5.61. The minimum atomic E-state index is -0.350. The second kappa shape index (κ2) is 7.51. The standard InChI is InChI=1S/C11H19N5O2.HI/c12-10(15-8-3-1-2-4-8)13-5-6-16-9(17)7-14-11(16)18;/h8H,1-7H2,(H,14,18)(H3,12,13,15);1H. The molecule has 108 valence electrons. The Morgan fingerprint density at radius 3 is 2.68 bits per heavy atom. The van der Waals surface area contributed by atoms with Crippen LogP contribution in [-0.2, 0) is 4.79 Å². The van der Waals surface area contributed by atoms with Gasteiger partial charge in [0, 0.05) is 6.04 Å². The zero-order chi connectivity index (χ0) is 13.0. The third-order valence-corrected chi connectivity index (χ3v) is 3.25. The molecule has 1 aliphatic carbocycles. The van der Waals surface area contributed by atoms with Crippen LogP contribution in [-0.4, -0.2) is 48.5 Å². The van der Waals surface area contributed by atoms with Crippen LogP contribution in [0, 0.1) is 0 Å². The number of urea groups is 1. The number of rotatable bonds is 4. The fourth-order valence-corrected chi connectivity index (χ4v) is 2.28. The van der Waals surface area contributed by atoms with Gasteiger partial charge in [0.2, 0.25) is 5.91 Å². The summed E-state index contributed by atoms with van der Waals surface area (Å²) in [6.45, 7) is 0.695. The monoisotopic (exact) mass is 381 g/mol. The topological polar surface area (TPSA) is 99.8 Å². The van der Waals surface area contributed by atoms with Crippen molar-refractivity contribution in [1.29, 1.82) is 0 Å². The van der Waals surface area contributed by atoms with E-state index < -0.39 is 0 Å². The van der Waals surface area contributed by atoms with Crippen LogP contribution in [0.3, 0.4) is 0 Å². The Labute approximate surface area is 129 Å². The second-order valence-electron chi connectivity index (χ2n) is 4.60. The van der Waals surface area contributed by atoms with Gasteiger partial charge in [-0.25, -0.2) is 4.79 Å². The zero-order valence-electron chi connectivity index (χ0n) is 10.7. The number of aliphatic imine (C=N–C) groups is 1. The maximum Gasteiger partial charge on any atom is 0.324 e. The number of carbonyl (C=O) groups excluding carboxylic acids is 2. The molecule has 0 aromatic carbocycles. The van der Waals surface area contributed by atoms with Crippen LogP contribution in [0.25, 0.3) is 0 Å². The fourth-order valence-electron chi connectivity index (χ4n) is 2.28. The molecule has 0 radical (unpaired) electrons. The lowest BCUT2D eigenvalue weighted by atomic mass is 10.2. The summed E-state index contributed by atoms with van der Waals surface area (Å²) >= 11 is 0. The molecule has 1 saturated carbocycles. The molecule has 0 spiro atoms. The van der Waals surface area contributed by atoms with Gasteiger partial charge >= 0.3 is 6.03 Å². The maximum atomic E-state index is 11.3. The van der Waals surface area contributed by atoms with E-state index in [9.17, 15) is 9.59 Å². The summed E-state index contributed by atoms with van der Waals surface area (Å²) in [4.78, 5) is 27.8. The first-order valence-corrected chi connectivity index (χ1v) is 6.31. The van der Waals surface area contributed by atoms with E-state index in [1.165, 1.54) is 12.8 Å². The minimum Gasteiger partial charge on any atom is -0.370 e. The van der Waals surface area contributed by atoms with Crippen molar-refractivity contribution < 1.29 is 9.59 Å². The Kier molecular flexibility index (Phi) is 6.32. The van der Waals surface area contributed by atoms with Gasteiger partial charge in [-0.2, -0.15) is 0 Å². The number of amides is 3. The van der Waals surface area contributed by atoms with Gasteiger partial charge in [0.25, 0.3) is 0 Å². The molecule has 3 amide bonds. The number of halogens is 1. The van der Waals surface area contributed by atoms with Crippen LogP contribution in [0.5, 0.6) is 0 Å². The lowest BCUT2D eigenvalue weighted by Crippen LogP contribution is -2.39. The first-order valence-electron chi connectivity index (χ1n) is 6.31. The van der Waals surface area contributed by atoms with Crippen LogP contribution >= 0.6 is 24.0 Å². The molecule has 4 N–H and O–H groups in total. The van der Waals surface area contributed by atoms with Gasteiger partial charge in [-0.1, -0.05) is 12.8 Å². The maximum absolute atomic E-state index is 11.3. The van der Waals surface area contributed by atoms with Gasteiger partial charge < -0.3 is 16.4 Å². The summed E-state index contributed by atoms with van der Waals surface area (Å²) in [5.74, 6) is 0.187. The Bertz CT molecular complexity index is 352. The number of nitrogens with zero attached hydrogens (tertiary/aromatic N) is 2. The zero-order valence-corrected chi connectivity index (χ0v) is 13.1. The third-order valence-electron chi connectivity index (χ3n) is 3.25. The molecule has 0 aromatic rings. The summed E-state index contributed by atoms with van der Waals surface area (Å²) in [6, 6.07) is 0.0722. The average Bonchev–Trinajstić information content (AvgIpc) is 2.93. The van der Waals surface area contributed by atoms with Crippen molar-refractivity contribution in [3.63, 3.8) is 0 Å². The Morgan fingerprint density at radius 2 is 2.11 bits per heavy atom. The summed E-state index contributed by atoms with van der Waals surface area (Å²) in [7, 11) is 0. The van der Waals surface area contributed by atoms with Crippen molar-refractivity contribution in [2.24, 2.45) is 10.7 Å². The van der Waals surface area contributed by atoms with Gasteiger partial charge in [0.1, 0.15) is 0 Å². The molecule has 0 aromatic heterocycles. The Morgan fingerprint density at radius 1 is 1.42 bits per heavy atom. The van der Waals surface area contributed by atoms with Crippen LogP contribution < -0.4 is 16.4 Å². The molecular weight excluding hydrogens is 361 g/mol. The highest BCUT2D eigenvalue weighted by molar-refractivity contribution is 14.0. The number of guanidine groups is 1. The van der Waals surface area contributed by atoms with Gasteiger partial charge in [0.05, 0.1) is 19.6 Å². The average molecular weight is 381 g/mol. The molecular formula is C11H20IN5O2. The first kappa shape index (κ1) is 16.0. The molecule has 7 nitrogen and oxygen atoms in total. The second-order valence-corrected chi connectivity index (χ2v) is 4.60. The third kappa shape index (κ3) is 4.51. The number of imide groups is 1. The Balaban J connectivity index is 0.00000180. The number of carbonyl (C=O) groups is 2. The van der Waals surface area contributed by atoms with E-state index in [1.807, 2.05) is 0 Å². The van der Waals surface area contributed by atoms with Crippen LogP contribution in [0.2, 0.25) is 0 Å². The predicted octanol–water partition coefficient (Wildman–Crippen LogP) is 0.00310. The van der Waals surface area contributed by atoms with E-state index in [2.05, 4.69) is 15.6 Å². The highest BCUT2D eigenvalue weighted by Crippen LogP contribution is 2.17. The highest BCUT2D eigenvalue weighted by atomic mass is 127. The number of hydrogen-bond acceptors (Lipinski definition) is 3. The minimum absolute atomic E-state index is 0. The van der Waals surface area contributed by atoms with E-state index in [4.69, 9.17) is 5.73 Å². The number of nitrogens with two attached hydrogens (primary N) is 1. The Hall–Kier alpha value is -1.06. The van der Waals surface area contributed by atoms with Crippen molar-refractivity contribution in [2.75, 3.05) is 19.6 Å². The summed E-state index contributed by atoms with van der Waals surface area (Å²) < 4.78 is 0. The molecule has 2 aliphatic rings. The first-order chi connectivity index (χ1) is 8.66. The molecule has 1 saturated heterocycles. The van der Waals surface area contributed by atoms with E-state index in [1.54, 1.807) is 0 Å². The van der Waals surface area contributed by atoms with Crippen molar-refractivity contribution in [3.05, 3.63) is 0 Å². The van der Waals surface area contributed by atoms with Crippen LogP contribution in [0.15, 0.2) is 4.99 Å². The van der Waals surface area contributed by atoms with Crippen molar-refractivity contribution in [3.8, 4) is 0 Å². The molecule has 1 heterocycles. The largest absolute Gasteiger partial charge is 0.370 e. The SMILES string of the molecule is I.NC(=NCCN1C(=O)CNC1=O)NC1CCCC1. The van der Waals surface area contributed by atoms with E-state index in [0.29, 0.717) is 18.5 Å². The highest BCUT2D eigenvalue weighted by Gasteiger charge is 2.27.